The molecular formula is C12H11N7O6. The van der Waals surface area contributed by atoms with E-state index in [2.05, 4.69) is 10.2 Å². The third-order valence-corrected chi connectivity index (χ3v) is 2.46. The third-order valence-electron chi connectivity index (χ3n) is 2.46. The van der Waals surface area contributed by atoms with Gasteiger partial charge in [0.15, 0.2) is 0 Å². The van der Waals surface area contributed by atoms with Gasteiger partial charge >= 0.3 is 12.1 Å². The highest BCUT2D eigenvalue weighted by molar-refractivity contribution is 6.38. The molecule has 0 unspecified atom stereocenters. The van der Waals surface area contributed by atoms with Crippen molar-refractivity contribution >= 4 is 41.7 Å². The molecule has 0 aliphatic carbocycles. The summed E-state index contributed by atoms with van der Waals surface area (Å²) in [6.45, 7) is 0. The number of carbonyl (C=O) groups is 4. The molecule has 0 saturated heterocycles. The number of hydrogen-bond donors (Lipinski definition) is 4. The number of nitro benzene ring substituents is 1. The second kappa shape index (κ2) is 8.47. The van der Waals surface area contributed by atoms with Crippen LogP contribution >= 0.6 is 0 Å². The maximum atomic E-state index is 11.9. The molecule has 1 rings (SSSR count). The first-order valence-electron chi connectivity index (χ1n) is 6.26. The molecule has 13 heteroatoms. The van der Waals surface area contributed by atoms with E-state index in [-0.39, 0.29) is 11.1 Å². The average Bonchev–Trinajstić information content (AvgIpc) is 2.53. The van der Waals surface area contributed by atoms with Crippen molar-refractivity contribution in [1.29, 1.82) is 0 Å². The van der Waals surface area contributed by atoms with Crippen LogP contribution in [-0.2, 0) is 0 Å². The van der Waals surface area contributed by atoms with E-state index in [0.29, 0.717) is 12.4 Å². The molecule has 130 valence electrons. The van der Waals surface area contributed by atoms with Gasteiger partial charge in [0.25, 0.3) is 5.69 Å². The van der Waals surface area contributed by atoms with Crippen LogP contribution in [0.5, 0.6) is 0 Å². The van der Waals surface area contributed by atoms with Gasteiger partial charge in [0.1, 0.15) is 5.56 Å². The first-order valence-corrected chi connectivity index (χ1v) is 6.26. The Labute approximate surface area is 138 Å². The highest BCUT2D eigenvalue weighted by Gasteiger charge is 2.21. The Kier molecular flexibility index (Phi) is 6.40. The Morgan fingerprint density at radius 2 is 1.52 bits per heavy atom. The maximum absolute atomic E-state index is 11.9. The number of benzene rings is 1. The van der Waals surface area contributed by atoms with Gasteiger partial charge in [-0.1, -0.05) is 0 Å². The smallest absolute Gasteiger partial charge is 0.332 e. The molecule has 13 nitrogen and oxygen atoms in total. The first-order chi connectivity index (χ1) is 11.7. The average molecular weight is 349 g/mol. The molecule has 0 fully saturated rings. The number of nitro groups is 1. The van der Waals surface area contributed by atoms with Crippen LogP contribution in [0.1, 0.15) is 20.7 Å². The zero-order valence-electron chi connectivity index (χ0n) is 12.3. The summed E-state index contributed by atoms with van der Waals surface area (Å²) in [4.78, 5) is 54.7. The lowest BCUT2D eigenvalue weighted by Gasteiger charge is -2.01. The molecular weight excluding hydrogens is 338 g/mol. The maximum Gasteiger partial charge on any atom is 0.332 e. The molecule has 25 heavy (non-hydrogen) atoms. The van der Waals surface area contributed by atoms with Gasteiger partial charge in [-0.25, -0.2) is 20.4 Å². The summed E-state index contributed by atoms with van der Waals surface area (Å²) in [5, 5.41) is 17.5. The van der Waals surface area contributed by atoms with Crippen molar-refractivity contribution in [2.24, 2.45) is 21.7 Å². The zero-order chi connectivity index (χ0) is 19.0. The number of carbonyl (C=O) groups excluding carboxylic acids is 4. The van der Waals surface area contributed by atoms with Gasteiger partial charge < -0.3 is 11.5 Å². The Morgan fingerprint density at radius 3 is 2.00 bits per heavy atom. The Morgan fingerprint density at radius 1 is 1.00 bits per heavy atom. The van der Waals surface area contributed by atoms with Crippen molar-refractivity contribution in [3.05, 3.63) is 39.4 Å². The molecule has 0 bridgehead atoms. The standard InChI is InChI=1S/C12H11N7O6/c13-11(22)17-15-4-9(20)6-1-2-7(8(3-6)19(24)25)10(21)5-16-18-12(14)23/h1-5H,(H3,13,17,22)(H3,14,18,23). The number of ketones is 2. The zero-order valence-corrected chi connectivity index (χ0v) is 12.3. The summed E-state index contributed by atoms with van der Waals surface area (Å²) < 4.78 is 0. The van der Waals surface area contributed by atoms with Crippen LogP contribution in [0.2, 0.25) is 0 Å². The van der Waals surface area contributed by atoms with Crippen LogP contribution in [-0.4, -0.2) is 41.0 Å². The van der Waals surface area contributed by atoms with E-state index >= 15 is 0 Å². The molecule has 1 aromatic carbocycles. The monoisotopic (exact) mass is 349 g/mol. The van der Waals surface area contributed by atoms with E-state index in [4.69, 9.17) is 11.5 Å². The first kappa shape index (κ1) is 18.9. The third kappa shape index (κ3) is 5.85. The van der Waals surface area contributed by atoms with Crippen LogP contribution in [0, 0.1) is 10.1 Å². The van der Waals surface area contributed by atoms with Crippen LogP contribution < -0.4 is 22.3 Å². The van der Waals surface area contributed by atoms with Gasteiger partial charge in [-0.15, -0.1) is 0 Å². The molecule has 0 aromatic heterocycles. The second-order valence-electron chi connectivity index (χ2n) is 4.19. The molecule has 0 radical (unpaired) electrons. The number of urea groups is 2. The van der Waals surface area contributed by atoms with Crippen LogP contribution in [0.4, 0.5) is 15.3 Å². The minimum Gasteiger partial charge on any atom is -0.350 e. The van der Waals surface area contributed by atoms with Crippen molar-refractivity contribution in [3.63, 3.8) is 0 Å². The highest BCUT2D eigenvalue weighted by Crippen LogP contribution is 2.20. The fourth-order valence-electron chi connectivity index (χ4n) is 1.50. The number of hydrogen-bond acceptors (Lipinski definition) is 8. The quantitative estimate of drug-likeness (QED) is 0.215. The van der Waals surface area contributed by atoms with E-state index in [9.17, 15) is 29.3 Å². The van der Waals surface area contributed by atoms with E-state index in [1.807, 2.05) is 0 Å². The normalized spacial score (nSPS) is 10.6. The second-order valence-corrected chi connectivity index (χ2v) is 4.19. The molecule has 0 heterocycles. The molecule has 1 aromatic rings. The fourth-order valence-corrected chi connectivity index (χ4v) is 1.50. The number of amides is 4. The molecule has 0 saturated carbocycles. The van der Waals surface area contributed by atoms with Gasteiger partial charge in [0.05, 0.1) is 17.4 Å². The van der Waals surface area contributed by atoms with Crippen LogP contribution in [0.25, 0.3) is 0 Å². The summed E-state index contributed by atoms with van der Waals surface area (Å²) in [6, 6.07) is 0.984. The number of Topliss-reactive ketones (excluding diaryl/α,β-unsaturated/α-hetero) is 2. The van der Waals surface area contributed by atoms with Crippen LogP contribution in [0.15, 0.2) is 28.4 Å². The van der Waals surface area contributed by atoms with E-state index in [1.54, 1.807) is 10.9 Å². The Hall–Kier alpha value is -4.16. The number of primary amides is 2. The minimum atomic E-state index is -1.02. The van der Waals surface area contributed by atoms with Crippen molar-refractivity contribution in [1.82, 2.24) is 10.9 Å². The van der Waals surface area contributed by atoms with E-state index < -0.39 is 34.2 Å². The molecule has 0 atom stereocenters. The van der Waals surface area contributed by atoms with Crippen LogP contribution in [0.3, 0.4) is 0 Å². The lowest BCUT2D eigenvalue weighted by molar-refractivity contribution is -0.385. The largest absolute Gasteiger partial charge is 0.350 e. The van der Waals surface area contributed by atoms with Gasteiger partial charge in [-0.05, 0) is 12.1 Å². The number of rotatable bonds is 7. The highest BCUT2D eigenvalue weighted by atomic mass is 16.6. The van der Waals surface area contributed by atoms with Crippen molar-refractivity contribution in [3.8, 4) is 0 Å². The lowest BCUT2D eigenvalue weighted by Crippen LogP contribution is -2.25. The van der Waals surface area contributed by atoms with Crippen molar-refractivity contribution < 1.29 is 24.1 Å². The Bertz CT molecular complexity index is 801. The number of hydrazone groups is 2. The fraction of sp³-hybridized carbons (Fsp3) is 0. The van der Waals surface area contributed by atoms with Gasteiger partial charge in [0, 0.05) is 11.6 Å². The molecule has 6 N–H and O–H groups in total. The predicted octanol–water partition coefficient (Wildman–Crippen LogP) is -0.732. The molecule has 0 spiro atoms. The summed E-state index contributed by atoms with van der Waals surface area (Å²) >= 11 is 0. The van der Waals surface area contributed by atoms with Gasteiger partial charge in [-0.2, -0.15) is 10.2 Å². The number of nitrogens with one attached hydrogen (secondary N) is 2. The van der Waals surface area contributed by atoms with E-state index in [1.165, 1.54) is 0 Å². The number of nitrogens with zero attached hydrogens (tertiary/aromatic N) is 3. The summed E-state index contributed by atoms with van der Waals surface area (Å²) in [5.41, 5.74) is 11.8. The topological polar surface area (TPSA) is 212 Å². The molecule has 4 amide bonds. The number of nitrogens with two attached hydrogens (primary N) is 2. The summed E-state index contributed by atoms with van der Waals surface area (Å²) in [7, 11) is 0. The summed E-state index contributed by atoms with van der Waals surface area (Å²) in [5.74, 6) is -1.68. The SMILES string of the molecule is NC(=O)NN=CC(=O)c1ccc(C(=O)C=NNC(N)=O)c([N+](=O)[O-])c1. The minimum absolute atomic E-state index is 0.162. The lowest BCUT2D eigenvalue weighted by atomic mass is 10.0. The molecule has 0 aliphatic rings. The molecule has 0 aliphatic heterocycles. The Balaban J connectivity index is 3.09. The summed E-state index contributed by atoms with van der Waals surface area (Å²) in [6.07, 6.45) is 1.30. The van der Waals surface area contributed by atoms with Gasteiger partial charge in [0.2, 0.25) is 11.6 Å². The van der Waals surface area contributed by atoms with Gasteiger partial charge in [-0.3, -0.25) is 19.7 Å². The van der Waals surface area contributed by atoms with E-state index in [0.717, 1.165) is 18.2 Å². The van der Waals surface area contributed by atoms with Crippen molar-refractivity contribution in [2.45, 2.75) is 0 Å². The predicted molar refractivity (Wildman–Crippen MR) is 84.2 cm³/mol. The van der Waals surface area contributed by atoms with Crippen molar-refractivity contribution in [2.75, 3.05) is 0 Å².